The fourth-order valence-corrected chi connectivity index (χ4v) is 2.77. The van der Waals surface area contributed by atoms with E-state index in [9.17, 15) is 0 Å². The number of piperidine rings is 1. The number of hydrogen-bond acceptors (Lipinski definition) is 2. The van der Waals surface area contributed by atoms with Gasteiger partial charge in [-0.05, 0) is 31.9 Å². The molecular weight excluding hydrogens is 208 g/mol. The second kappa shape index (κ2) is 5.84. The summed E-state index contributed by atoms with van der Waals surface area (Å²) in [6.45, 7) is 3.41. The highest BCUT2D eigenvalue weighted by molar-refractivity contribution is 5.20. The van der Waals surface area contributed by atoms with Gasteiger partial charge in [-0.3, -0.25) is 4.90 Å². The van der Waals surface area contributed by atoms with Gasteiger partial charge in [0.25, 0.3) is 0 Å². The Labute approximate surface area is 104 Å². The predicted molar refractivity (Wildman–Crippen MR) is 69.4 cm³/mol. The van der Waals surface area contributed by atoms with Crippen LogP contribution in [0.1, 0.15) is 44.2 Å². The van der Waals surface area contributed by atoms with E-state index in [2.05, 4.69) is 42.2 Å². The highest BCUT2D eigenvalue weighted by atomic mass is 15.2. The third kappa shape index (κ3) is 2.87. The number of hydrogen-bond donors (Lipinski definition) is 0. The van der Waals surface area contributed by atoms with E-state index < -0.39 is 0 Å². The van der Waals surface area contributed by atoms with E-state index in [1.807, 2.05) is 6.07 Å². The first kappa shape index (κ1) is 12.1. The van der Waals surface area contributed by atoms with Gasteiger partial charge in [-0.1, -0.05) is 36.8 Å². The minimum atomic E-state index is 0.275. The molecule has 0 radical (unpaired) electrons. The molecule has 17 heavy (non-hydrogen) atoms. The maximum absolute atomic E-state index is 9.04. The minimum Gasteiger partial charge on any atom is -0.293 e. The zero-order valence-electron chi connectivity index (χ0n) is 10.5. The van der Waals surface area contributed by atoms with E-state index in [4.69, 9.17) is 5.26 Å². The number of benzene rings is 1. The highest BCUT2D eigenvalue weighted by Crippen LogP contribution is 2.30. The Morgan fingerprint density at radius 2 is 2.12 bits per heavy atom. The number of likely N-dealkylation sites (tertiary alicyclic amines) is 1. The summed E-state index contributed by atoms with van der Waals surface area (Å²) >= 11 is 0. The SMILES string of the molecule is CC1CCCCN1C(CC#N)c1ccccc1. The quantitative estimate of drug-likeness (QED) is 0.791. The molecule has 0 aromatic heterocycles. The molecule has 1 aromatic carbocycles. The van der Waals surface area contributed by atoms with E-state index in [-0.39, 0.29) is 6.04 Å². The Hall–Kier alpha value is -1.33. The Bertz CT molecular complexity index is 380. The summed E-state index contributed by atoms with van der Waals surface area (Å²) in [5.41, 5.74) is 1.28. The molecule has 0 aliphatic carbocycles. The molecule has 1 aliphatic heterocycles. The first-order chi connectivity index (χ1) is 8.33. The van der Waals surface area contributed by atoms with Crippen LogP contribution in [-0.2, 0) is 0 Å². The number of nitrogens with zero attached hydrogens (tertiary/aromatic N) is 2. The van der Waals surface area contributed by atoms with Gasteiger partial charge in [0.1, 0.15) is 0 Å². The largest absolute Gasteiger partial charge is 0.293 e. The smallest absolute Gasteiger partial charge is 0.0641 e. The van der Waals surface area contributed by atoms with Crippen LogP contribution in [0, 0.1) is 11.3 Å². The van der Waals surface area contributed by atoms with Crippen molar-refractivity contribution in [3.05, 3.63) is 35.9 Å². The van der Waals surface area contributed by atoms with Crippen LogP contribution in [0.25, 0.3) is 0 Å². The molecule has 2 heteroatoms. The predicted octanol–water partition coefficient (Wildman–Crippen LogP) is 3.52. The van der Waals surface area contributed by atoms with Gasteiger partial charge in [-0.2, -0.15) is 5.26 Å². The van der Waals surface area contributed by atoms with Crippen molar-refractivity contribution in [1.29, 1.82) is 5.26 Å². The zero-order chi connectivity index (χ0) is 12.1. The van der Waals surface area contributed by atoms with E-state index in [1.165, 1.54) is 24.8 Å². The lowest BCUT2D eigenvalue weighted by atomic mass is 9.95. The van der Waals surface area contributed by atoms with E-state index in [1.54, 1.807) is 0 Å². The summed E-state index contributed by atoms with van der Waals surface area (Å²) < 4.78 is 0. The lowest BCUT2D eigenvalue weighted by molar-refractivity contribution is 0.107. The second-order valence-corrected chi connectivity index (χ2v) is 4.87. The Morgan fingerprint density at radius 1 is 1.35 bits per heavy atom. The fraction of sp³-hybridized carbons (Fsp3) is 0.533. The van der Waals surface area contributed by atoms with Gasteiger partial charge in [0, 0.05) is 12.1 Å². The average molecular weight is 228 g/mol. The van der Waals surface area contributed by atoms with Crippen molar-refractivity contribution < 1.29 is 0 Å². The van der Waals surface area contributed by atoms with Crippen LogP contribution in [0.5, 0.6) is 0 Å². The monoisotopic (exact) mass is 228 g/mol. The van der Waals surface area contributed by atoms with Gasteiger partial charge in [-0.15, -0.1) is 0 Å². The van der Waals surface area contributed by atoms with Gasteiger partial charge < -0.3 is 0 Å². The van der Waals surface area contributed by atoms with Crippen molar-refractivity contribution in [2.24, 2.45) is 0 Å². The summed E-state index contributed by atoms with van der Waals surface area (Å²) in [7, 11) is 0. The molecule has 2 atom stereocenters. The number of rotatable bonds is 3. The molecule has 1 heterocycles. The third-order valence-electron chi connectivity index (χ3n) is 3.72. The molecule has 2 rings (SSSR count). The summed E-state index contributed by atoms with van der Waals surface area (Å²) in [5, 5.41) is 9.04. The van der Waals surface area contributed by atoms with Crippen molar-refractivity contribution in [3.63, 3.8) is 0 Å². The summed E-state index contributed by atoms with van der Waals surface area (Å²) in [6.07, 6.45) is 4.44. The van der Waals surface area contributed by atoms with Crippen LogP contribution in [-0.4, -0.2) is 17.5 Å². The molecule has 1 saturated heterocycles. The molecule has 90 valence electrons. The maximum atomic E-state index is 9.04. The van der Waals surface area contributed by atoms with Gasteiger partial charge in [-0.25, -0.2) is 0 Å². The van der Waals surface area contributed by atoms with Crippen molar-refractivity contribution in [2.45, 2.75) is 44.7 Å². The average Bonchev–Trinajstić information content (AvgIpc) is 2.38. The molecule has 0 amide bonds. The van der Waals surface area contributed by atoms with Crippen LogP contribution < -0.4 is 0 Å². The first-order valence-corrected chi connectivity index (χ1v) is 6.50. The van der Waals surface area contributed by atoms with E-state index in [0.29, 0.717) is 12.5 Å². The Balaban J connectivity index is 2.20. The lowest BCUT2D eigenvalue weighted by Crippen LogP contribution is -2.40. The van der Waals surface area contributed by atoms with Gasteiger partial charge in [0.05, 0.1) is 12.5 Å². The molecule has 2 nitrogen and oxygen atoms in total. The zero-order valence-corrected chi connectivity index (χ0v) is 10.5. The van der Waals surface area contributed by atoms with Crippen LogP contribution >= 0.6 is 0 Å². The Kier molecular flexibility index (Phi) is 4.17. The Morgan fingerprint density at radius 3 is 2.76 bits per heavy atom. The van der Waals surface area contributed by atoms with Crippen molar-refractivity contribution in [2.75, 3.05) is 6.54 Å². The molecular formula is C15H20N2. The van der Waals surface area contributed by atoms with Gasteiger partial charge >= 0.3 is 0 Å². The standard InChI is InChI=1S/C15H20N2/c1-13-7-5-6-12-17(13)15(10-11-16)14-8-3-2-4-9-14/h2-4,8-9,13,15H,5-7,10,12H2,1H3. The molecule has 1 aromatic rings. The van der Waals surface area contributed by atoms with E-state index >= 15 is 0 Å². The third-order valence-corrected chi connectivity index (χ3v) is 3.72. The molecule has 1 fully saturated rings. The van der Waals surface area contributed by atoms with Crippen LogP contribution in [0.2, 0.25) is 0 Å². The molecule has 0 bridgehead atoms. The van der Waals surface area contributed by atoms with Crippen LogP contribution in [0.3, 0.4) is 0 Å². The number of nitriles is 1. The first-order valence-electron chi connectivity index (χ1n) is 6.50. The minimum absolute atomic E-state index is 0.275. The van der Waals surface area contributed by atoms with Gasteiger partial charge in [0.2, 0.25) is 0 Å². The normalized spacial score (nSPS) is 22.9. The topological polar surface area (TPSA) is 27.0 Å². The summed E-state index contributed by atoms with van der Waals surface area (Å²) in [6, 6.07) is 13.7. The van der Waals surface area contributed by atoms with Gasteiger partial charge in [0.15, 0.2) is 0 Å². The molecule has 0 N–H and O–H groups in total. The molecule has 0 spiro atoms. The van der Waals surface area contributed by atoms with Crippen molar-refractivity contribution >= 4 is 0 Å². The van der Waals surface area contributed by atoms with E-state index in [0.717, 1.165) is 6.54 Å². The lowest BCUT2D eigenvalue weighted by Gasteiger charge is -2.39. The van der Waals surface area contributed by atoms with Crippen molar-refractivity contribution in [1.82, 2.24) is 4.90 Å². The van der Waals surface area contributed by atoms with Crippen LogP contribution in [0.15, 0.2) is 30.3 Å². The molecule has 0 saturated carbocycles. The molecule has 2 unspecified atom stereocenters. The summed E-state index contributed by atoms with van der Waals surface area (Å²) in [5.74, 6) is 0. The maximum Gasteiger partial charge on any atom is 0.0641 e. The second-order valence-electron chi connectivity index (χ2n) is 4.87. The fourth-order valence-electron chi connectivity index (χ4n) is 2.77. The summed E-state index contributed by atoms with van der Waals surface area (Å²) in [4.78, 5) is 2.50. The highest BCUT2D eigenvalue weighted by Gasteiger charge is 2.26. The van der Waals surface area contributed by atoms with Crippen LogP contribution in [0.4, 0.5) is 0 Å². The molecule has 1 aliphatic rings. The van der Waals surface area contributed by atoms with Crippen molar-refractivity contribution in [3.8, 4) is 6.07 Å².